The molecule has 0 aliphatic rings. The molecule has 3 aromatic rings. The Morgan fingerprint density at radius 1 is 1.14 bits per heavy atom. The molecule has 7 nitrogen and oxygen atoms in total. The lowest BCUT2D eigenvalue weighted by Crippen LogP contribution is -2.15. The summed E-state index contributed by atoms with van der Waals surface area (Å²) < 4.78 is 15.6. The number of thioether (sulfide) groups is 2. The largest absolute Gasteiger partial charge is 0.323 e. The number of nitrogens with one attached hydrogen (secondary N) is 1. The zero-order valence-corrected chi connectivity index (χ0v) is 18.0. The van der Waals surface area contributed by atoms with Crippen molar-refractivity contribution in [3.8, 4) is 0 Å². The number of benzene rings is 1. The van der Waals surface area contributed by atoms with Gasteiger partial charge in [0.1, 0.15) is 11.6 Å². The number of amides is 1. The molecule has 0 aliphatic carbocycles. The Bertz CT molecular complexity index is 990. The third kappa shape index (κ3) is 5.77. The van der Waals surface area contributed by atoms with E-state index in [2.05, 4.69) is 25.5 Å². The highest BCUT2D eigenvalue weighted by Gasteiger charge is 2.15. The predicted octanol–water partition coefficient (Wildman–Crippen LogP) is 3.87. The standard InChI is InChI=1S/C19H21FN6OS2/c1-4-26-16(10-28-18-21-12(2)9-13(3)22-18)24-25-19(26)29-11-17(27)23-15-8-6-5-7-14(15)20/h5-9H,4,10-11H2,1-3H3,(H,23,27). The first-order valence-corrected chi connectivity index (χ1v) is 11.0. The summed E-state index contributed by atoms with van der Waals surface area (Å²) in [6.45, 7) is 6.55. The van der Waals surface area contributed by atoms with Gasteiger partial charge in [-0.05, 0) is 39.0 Å². The average Bonchev–Trinajstić information content (AvgIpc) is 3.07. The highest BCUT2D eigenvalue weighted by atomic mass is 32.2. The highest BCUT2D eigenvalue weighted by molar-refractivity contribution is 7.99. The van der Waals surface area contributed by atoms with Crippen molar-refractivity contribution in [2.45, 2.75) is 43.4 Å². The fourth-order valence-electron chi connectivity index (χ4n) is 2.62. The van der Waals surface area contributed by atoms with E-state index in [4.69, 9.17) is 0 Å². The van der Waals surface area contributed by atoms with E-state index in [1.807, 2.05) is 31.4 Å². The molecule has 2 aromatic heterocycles. The number of para-hydroxylation sites is 1. The van der Waals surface area contributed by atoms with Gasteiger partial charge in [0.15, 0.2) is 10.3 Å². The number of aromatic nitrogens is 5. The smallest absolute Gasteiger partial charge is 0.234 e. The summed E-state index contributed by atoms with van der Waals surface area (Å²) >= 11 is 2.76. The number of anilines is 1. The molecule has 0 fully saturated rings. The molecule has 29 heavy (non-hydrogen) atoms. The molecule has 0 unspecified atom stereocenters. The minimum absolute atomic E-state index is 0.111. The lowest BCUT2D eigenvalue weighted by Gasteiger charge is -2.08. The van der Waals surface area contributed by atoms with Crippen LogP contribution in [0.15, 0.2) is 40.6 Å². The second-order valence-electron chi connectivity index (χ2n) is 6.18. The molecule has 1 aromatic carbocycles. The van der Waals surface area contributed by atoms with Gasteiger partial charge in [-0.15, -0.1) is 10.2 Å². The third-order valence-corrected chi connectivity index (χ3v) is 5.69. The lowest BCUT2D eigenvalue weighted by molar-refractivity contribution is -0.113. The second kappa shape index (κ2) is 9.84. The molecular weight excluding hydrogens is 411 g/mol. The summed E-state index contributed by atoms with van der Waals surface area (Å²) in [7, 11) is 0. The third-order valence-electron chi connectivity index (χ3n) is 3.88. The Hall–Kier alpha value is -2.46. The van der Waals surface area contributed by atoms with Crippen molar-refractivity contribution in [2.75, 3.05) is 11.1 Å². The first kappa shape index (κ1) is 21.3. The van der Waals surface area contributed by atoms with Crippen molar-refractivity contribution in [3.63, 3.8) is 0 Å². The van der Waals surface area contributed by atoms with Crippen LogP contribution in [0.25, 0.3) is 0 Å². The monoisotopic (exact) mass is 432 g/mol. The molecule has 1 N–H and O–H groups in total. The summed E-state index contributed by atoms with van der Waals surface area (Å²) in [5, 5.41) is 12.4. The molecule has 152 valence electrons. The van der Waals surface area contributed by atoms with E-state index in [0.717, 1.165) is 17.2 Å². The van der Waals surface area contributed by atoms with Gasteiger partial charge in [0.25, 0.3) is 0 Å². The molecule has 10 heteroatoms. The number of nitrogens with zero attached hydrogens (tertiary/aromatic N) is 5. The van der Waals surface area contributed by atoms with Crippen LogP contribution in [0.1, 0.15) is 24.1 Å². The Labute approximate surface area is 176 Å². The van der Waals surface area contributed by atoms with Gasteiger partial charge in [0.2, 0.25) is 5.91 Å². The summed E-state index contributed by atoms with van der Waals surface area (Å²) in [5.41, 5.74) is 2.02. The molecule has 0 bridgehead atoms. The van der Waals surface area contributed by atoms with Gasteiger partial charge in [0, 0.05) is 17.9 Å². The van der Waals surface area contributed by atoms with Crippen LogP contribution in [0.3, 0.4) is 0 Å². The zero-order chi connectivity index (χ0) is 20.8. The molecule has 0 atom stereocenters. The normalized spacial score (nSPS) is 10.9. The molecule has 0 saturated heterocycles. The number of carbonyl (C=O) groups excluding carboxylic acids is 1. The van der Waals surface area contributed by atoms with E-state index in [0.29, 0.717) is 22.6 Å². The Morgan fingerprint density at radius 3 is 2.55 bits per heavy atom. The van der Waals surface area contributed by atoms with Gasteiger partial charge >= 0.3 is 0 Å². The van der Waals surface area contributed by atoms with Gasteiger partial charge in [-0.1, -0.05) is 35.7 Å². The maximum Gasteiger partial charge on any atom is 0.234 e. The lowest BCUT2D eigenvalue weighted by atomic mass is 10.3. The minimum Gasteiger partial charge on any atom is -0.323 e. The number of aryl methyl sites for hydroxylation is 2. The molecule has 0 spiro atoms. The number of hydrogen-bond acceptors (Lipinski definition) is 7. The van der Waals surface area contributed by atoms with E-state index in [1.54, 1.807) is 12.1 Å². The maximum atomic E-state index is 13.6. The van der Waals surface area contributed by atoms with E-state index < -0.39 is 5.82 Å². The highest BCUT2D eigenvalue weighted by Crippen LogP contribution is 2.23. The van der Waals surface area contributed by atoms with E-state index >= 15 is 0 Å². The van der Waals surface area contributed by atoms with Crippen LogP contribution in [-0.2, 0) is 17.1 Å². The minimum atomic E-state index is -0.463. The molecular formula is C19H21FN6OS2. The predicted molar refractivity (Wildman–Crippen MR) is 113 cm³/mol. The van der Waals surface area contributed by atoms with E-state index in [1.165, 1.54) is 35.7 Å². The van der Waals surface area contributed by atoms with Gasteiger partial charge in [-0.2, -0.15) is 0 Å². The fraction of sp³-hybridized carbons (Fsp3) is 0.316. The van der Waals surface area contributed by atoms with E-state index in [-0.39, 0.29) is 17.3 Å². The molecule has 0 radical (unpaired) electrons. The van der Waals surface area contributed by atoms with Crippen molar-refractivity contribution in [1.82, 2.24) is 24.7 Å². The van der Waals surface area contributed by atoms with Crippen molar-refractivity contribution in [3.05, 3.63) is 53.4 Å². The van der Waals surface area contributed by atoms with Crippen LogP contribution in [0.4, 0.5) is 10.1 Å². The van der Waals surface area contributed by atoms with Gasteiger partial charge in [0.05, 0.1) is 17.2 Å². The van der Waals surface area contributed by atoms with Crippen molar-refractivity contribution in [1.29, 1.82) is 0 Å². The fourth-order valence-corrected chi connectivity index (χ4v) is 4.33. The van der Waals surface area contributed by atoms with Crippen LogP contribution in [0, 0.1) is 19.7 Å². The van der Waals surface area contributed by atoms with Crippen molar-refractivity contribution in [2.24, 2.45) is 0 Å². The molecule has 0 saturated carbocycles. The van der Waals surface area contributed by atoms with Crippen LogP contribution in [-0.4, -0.2) is 36.4 Å². The maximum absolute atomic E-state index is 13.6. The van der Waals surface area contributed by atoms with Crippen molar-refractivity contribution >= 4 is 35.1 Å². The molecule has 3 rings (SSSR count). The van der Waals surface area contributed by atoms with Crippen LogP contribution in [0.2, 0.25) is 0 Å². The summed E-state index contributed by atoms with van der Waals surface area (Å²) in [4.78, 5) is 21.0. The zero-order valence-electron chi connectivity index (χ0n) is 16.3. The Kier molecular flexibility index (Phi) is 7.21. The topological polar surface area (TPSA) is 85.6 Å². The number of hydrogen-bond donors (Lipinski definition) is 1. The number of halogens is 1. The second-order valence-corrected chi connectivity index (χ2v) is 8.07. The molecule has 1 amide bonds. The summed E-state index contributed by atoms with van der Waals surface area (Å²) in [5.74, 6) is 0.712. The van der Waals surface area contributed by atoms with Gasteiger partial charge in [-0.3, -0.25) is 4.79 Å². The van der Waals surface area contributed by atoms with E-state index in [9.17, 15) is 9.18 Å². The Balaban J connectivity index is 1.60. The quantitative estimate of drug-likeness (QED) is 0.427. The Morgan fingerprint density at radius 2 is 1.86 bits per heavy atom. The molecule has 2 heterocycles. The first-order chi connectivity index (χ1) is 14.0. The SMILES string of the molecule is CCn1c(CSc2nc(C)cc(C)n2)nnc1SCC(=O)Nc1ccccc1F. The number of rotatable bonds is 8. The number of carbonyl (C=O) groups is 1. The first-order valence-electron chi connectivity index (χ1n) is 9.00. The summed E-state index contributed by atoms with van der Waals surface area (Å²) in [6.07, 6.45) is 0. The van der Waals surface area contributed by atoms with Gasteiger partial charge < -0.3 is 9.88 Å². The molecule has 0 aliphatic heterocycles. The van der Waals surface area contributed by atoms with Crippen LogP contribution >= 0.6 is 23.5 Å². The average molecular weight is 433 g/mol. The summed E-state index contributed by atoms with van der Waals surface area (Å²) in [6, 6.07) is 8.01. The van der Waals surface area contributed by atoms with Crippen LogP contribution in [0.5, 0.6) is 0 Å². The van der Waals surface area contributed by atoms with Crippen LogP contribution < -0.4 is 5.32 Å². The van der Waals surface area contributed by atoms with Crippen molar-refractivity contribution < 1.29 is 9.18 Å². The van der Waals surface area contributed by atoms with Gasteiger partial charge in [-0.25, -0.2) is 14.4 Å².